The minimum absolute atomic E-state index is 0.341. The summed E-state index contributed by atoms with van der Waals surface area (Å²) in [5, 5.41) is 0.603. The highest BCUT2D eigenvalue weighted by atomic mass is 35.5. The molecule has 1 saturated heterocycles. The Morgan fingerprint density at radius 1 is 1.40 bits per heavy atom. The van der Waals surface area contributed by atoms with Crippen LogP contribution in [0.15, 0.2) is 39.9 Å². The van der Waals surface area contributed by atoms with E-state index < -0.39 is 0 Å². The van der Waals surface area contributed by atoms with E-state index in [9.17, 15) is 0 Å². The van der Waals surface area contributed by atoms with Crippen LogP contribution in [-0.4, -0.2) is 46.9 Å². The van der Waals surface area contributed by atoms with Gasteiger partial charge in [-0.3, -0.25) is 4.90 Å². The fourth-order valence-electron chi connectivity index (χ4n) is 3.00. The molecule has 1 aromatic carbocycles. The van der Waals surface area contributed by atoms with E-state index >= 15 is 0 Å². The highest BCUT2D eigenvalue weighted by molar-refractivity contribution is 7.16. The predicted octanol–water partition coefficient (Wildman–Crippen LogP) is 4.39. The van der Waals surface area contributed by atoms with Gasteiger partial charge in [-0.25, -0.2) is 9.88 Å². The number of aromatic nitrogens is 1. The van der Waals surface area contributed by atoms with Gasteiger partial charge >= 0.3 is 5.96 Å². The summed E-state index contributed by atoms with van der Waals surface area (Å²) >= 11 is 7.50. The Labute approximate surface area is 157 Å². The Hall–Kier alpha value is -1.94. The molecule has 130 valence electrons. The molecule has 1 aliphatic rings. The number of hydrogen-bond acceptors (Lipinski definition) is 4. The van der Waals surface area contributed by atoms with Crippen LogP contribution in [0, 0.1) is 6.57 Å². The number of rotatable bonds is 3. The molecule has 0 amide bonds. The molecule has 1 aliphatic heterocycles. The Morgan fingerprint density at radius 3 is 2.84 bits per heavy atom. The van der Waals surface area contributed by atoms with Crippen LogP contribution in [0.2, 0.25) is 0 Å². The lowest BCUT2D eigenvalue weighted by Gasteiger charge is -2.35. The first kappa shape index (κ1) is 17.9. The van der Waals surface area contributed by atoms with Crippen molar-refractivity contribution in [2.75, 3.05) is 26.2 Å². The van der Waals surface area contributed by atoms with Crippen molar-refractivity contribution >= 4 is 39.1 Å². The van der Waals surface area contributed by atoms with Crippen molar-refractivity contribution in [3.05, 3.63) is 45.4 Å². The second-order valence-electron chi connectivity index (χ2n) is 6.05. The SMILES string of the molecule is C#[N+]/C(=N\C=C(/C)Cl)N1CCN([C@@H](C)c2ccc3scnc3c2)CC1. The number of allylic oxidation sites excluding steroid dienone is 1. The third kappa shape index (κ3) is 4.18. The topological polar surface area (TPSA) is 36.1 Å². The summed E-state index contributed by atoms with van der Waals surface area (Å²) in [5.41, 5.74) is 4.27. The van der Waals surface area contributed by atoms with Crippen LogP contribution in [-0.2, 0) is 0 Å². The lowest BCUT2D eigenvalue weighted by atomic mass is 10.1. The Bertz CT molecular complexity index is 839. The van der Waals surface area contributed by atoms with Crippen molar-refractivity contribution in [1.29, 1.82) is 0 Å². The average molecular weight is 375 g/mol. The fourth-order valence-corrected chi connectivity index (χ4v) is 3.71. The Balaban J connectivity index is 1.66. The molecule has 1 atom stereocenters. The summed E-state index contributed by atoms with van der Waals surface area (Å²) in [6.45, 7) is 13.0. The van der Waals surface area contributed by atoms with Crippen molar-refractivity contribution in [1.82, 2.24) is 14.8 Å². The van der Waals surface area contributed by atoms with E-state index in [1.165, 1.54) is 10.3 Å². The van der Waals surface area contributed by atoms with E-state index in [0.717, 1.165) is 31.7 Å². The molecule has 0 unspecified atom stereocenters. The first-order chi connectivity index (χ1) is 12.1. The zero-order chi connectivity index (χ0) is 17.8. The number of aliphatic imine (C=N–C) groups is 1. The van der Waals surface area contributed by atoms with Crippen LogP contribution in [0.3, 0.4) is 0 Å². The third-order valence-corrected chi connectivity index (χ3v) is 5.36. The molecule has 1 fully saturated rings. The van der Waals surface area contributed by atoms with Crippen LogP contribution in [0.5, 0.6) is 0 Å². The second-order valence-corrected chi connectivity index (χ2v) is 7.54. The quantitative estimate of drug-likeness (QED) is 0.590. The number of piperazine rings is 1. The van der Waals surface area contributed by atoms with E-state index in [-0.39, 0.29) is 0 Å². The number of benzene rings is 1. The summed E-state index contributed by atoms with van der Waals surface area (Å²) < 4.78 is 1.23. The lowest BCUT2D eigenvalue weighted by Crippen LogP contribution is -2.48. The van der Waals surface area contributed by atoms with Crippen LogP contribution >= 0.6 is 22.9 Å². The van der Waals surface area contributed by atoms with Crippen LogP contribution in [0.1, 0.15) is 25.5 Å². The smallest absolute Gasteiger partial charge is 0.290 e. The van der Waals surface area contributed by atoms with Gasteiger partial charge in [0.05, 0.1) is 40.4 Å². The zero-order valence-electron chi connectivity index (χ0n) is 14.4. The van der Waals surface area contributed by atoms with Crippen LogP contribution in [0.25, 0.3) is 15.1 Å². The molecule has 0 spiro atoms. The molecular weight excluding hydrogens is 354 g/mol. The van der Waals surface area contributed by atoms with E-state index in [0.29, 0.717) is 17.0 Å². The molecular formula is C18H21ClN5S+. The maximum absolute atomic E-state index is 5.82. The van der Waals surface area contributed by atoms with E-state index in [1.807, 2.05) is 5.51 Å². The van der Waals surface area contributed by atoms with Gasteiger partial charge < -0.3 is 0 Å². The first-order valence-corrected chi connectivity index (χ1v) is 9.47. The summed E-state index contributed by atoms with van der Waals surface area (Å²) in [7, 11) is 0. The minimum atomic E-state index is 0.341. The summed E-state index contributed by atoms with van der Waals surface area (Å²) in [6, 6.07) is 6.90. The largest absolute Gasteiger partial charge is 0.491 e. The van der Waals surface area contributed by atoms with Gasteiger partial charge in [0.15, 0.2) is 0 Å². The number of halogens is 1. The Morgan fingerprint density at radius 2 is 2.16 bits per heavy atom. The number of fused-ring (bicyclic) bond motifs is 1. The van der Waals surface area contributed by atoms with Crippen molar-refractivity contribution < 1.29 is 0 Å². The zero-order valence-corrected chi connectivity index (χ0v) is 16.0. The van der Waals surface area contributed by atoms with Gasteiger partial charge in [-0.05, 0) is 31.5 Å². The molecule has 1 aromatic heterocycles. The number of guanidine groups is 1. The molecule has 0 bridgehead atoms. The maximum atomic E-state index is 5.82. The van der Waals surface area contributed by atoms with Gasteiger partial charge in [0.25, 0.3) is 0 Å². The van der Waals surface area contributed by atoms with Crippen LogP contribution in [0.4, 0.5) is 0 Å². The van der Waals surface area contributed by atoms with Gasteiger partial charge in [-0.15, -0.1) is 11.3 Å². The molecule has 25 heavy (non-hydrogen) atoms. The molecule has 2 heterocycles. The summed E-state index contributed by atoms with van der Waals surface area (Å²) in [6.07, 6.45) is 1.57. The highest BCUT2D eigenvalue weighted by Crippen LogP contribution is 2.26. The van der Waals surface area contributed by atoms with Crippen molar-refractivity contribution in [2.24, 2.45) is 4.99 Å². The monoisotopic (exact) mass is 374 g/mol. The lowest BCUT2D eigenvalue weighted by molar-refractivity contribution is 0.141. The van der Waals surface area contributed by atoms with Gasteiger partial charge in [0, 0.05) is 19.1 Å². The van der Waals surface area contributed by atoms with E-state index in [1.54, 1.807) is 24.5 Å². The molecule has 3 rings (SSSR count). The molecule has 0 aliphatic carbocycles. The number of hydrogen-bond donors (Lipinski definition) is 0. The summed E-state index contributed by atoms with van der Waals surface area (Å²) in [4.78, 5) is 17.0. The first-order valence-electron chi connectivity index (χ1n) is 8.21. The second kappa shape index (κ2) is 7.96. The molecule has 2 aromatic rings. The van der Waals surface area contributed by atoms with Gasteiger partial charge in [0.1, 0.15) is 6.20 Å². The fraction of sp³-hybridized carbons (Fsp3) is 0.389. The van der Waals surface area contributed by atoms with E-state index in [4.69, 9.17) is 18.2 Å². The normalized spacial score (nSPS) is 18.4. The van der Waals surface area contributed by atoms with Crippen molar-refractivity contribution in [2.45, 2.75) is 19.9 Å². The van der Waals surface area contributed by atoms with Crippen molar-refractivity contribution in [3.63, 3.8) is 0 Å². The Kier molecular flexibility index (Phi) is 5.69. The minimum Gasteiger partial charge on any atom is -0.290 e. The average Bonchev–Trinajstić information content (AvgIpc) is 3.09. The van der Waals surface area contributed by atoms with Gasteiger partial charge in [0.2, 0.25) is 0 Å². The standard InChI is InChI=1S/C18H21ClN5S/c1-13(19)11-21-18(20-3)24-8-6-23(7-9-24)14(2)15-4-5-17-16(10-15)22-12-25-17/h3-5,10-12,14H,6-9H2,1-2H3/q+1/b13-11+,21-18+/t14-/m0/s1. The van der Waals surface area contributed by atoms with Crippen molar-refractivity contribution in [3.8, 4) is 6.57 Å². The maximum Gasteiger partial charge on any atom is 0.491 e. The van der Waals surface area contributed by atoms with Gasteiger partial charge in [-0.2, -0.15) is 4.85 Å². The van der Waals surface area contributed by atoms with Crippen LogP contribution < -0.4 is 0 Å². The van der Waals surface area contributed by atoms with E-state index in [2.05, 4.69) is 49.7 Å². The molecule has 7 heteroatoms. The highest BCUT2D eigenvalue weighted by Gasteiger charge is 2.29. The molecule has 0 N–H and O–H groups in total. The number of nitrogens with zero attached hydrogens (tertiary/aromatic N) is 5. The molecule has 0 radical (unpaired) electrons. The van der Waals surface area contributed by atoms with Gasteiger partial charge in [-0.1, -0.05) is 22.7 Å². The molecule has 0 saturated carbocycles. The molecule has 5 nitrogen and oxygen atoms in total. The number of thiazole rings is 1. The third-order valence-electron chi connectivity index (χ3n) is 4.46. The predicted molar refractivity (Wildman–Crippen MR) is 107 cm³/mol. The summed E-state index contributed by atoms with van der Waals surface area (Å²) in [5.74, 6) is 0.524.